The van der Waals surface area contributed by atoms with Gasteiger partial charge in [0.15, 0.2) is 0 Å². The van der Waals surface area contributed by atoms with Gasteiger partial charge in [0, 0.05) is 6.54 Å². The Morgan fingerprint density at radius 1 is 0.933 bits per heavy atom. The summed E-state index contributed by atoms with van der Waals surface area (Å²) >= 11 is 0. The van der Waals surface area contributed by atoms with Crippen LogP contribution < -0.4 is 15.6 Å². The maximum atomic E-state index is 12.4. The Bertz CT molecular complexity index is 1150. The number of aromatic nitrogens is 2. The summed E-state index contributed by atoms with van der Waals surface area (Å²) in [5.41, 5.74) is 4.75. The Kier molecular flexibility index (Phi) is 6.23. The van der Waals surface area contributed by atoms with Crippen molar-refractivity contribution in [1.82, 2.24) is 14.8 Å². The highest BCUT2D eigenvalue weighted by Gasteiger charge is 2.24. The first-order valence-electron chi connectivity index (χ1n) is 8.89. The van der Waals surface area contributed by atoms with Gasteiger partial charge in [0.05, 0.1) is 9.82 Å². The van der Waals surface area contributed by atoms with Crippen LogP contribution in [0.2, 0.25) is 0 Å². The first kappa shape index (κ1) is 21.1. The maximum Gasteiger partial charge on any atom is 0.354 e. The van der Waals surface area contributed by atoms with Crippen LogP contribution in [0.1, 0.15) is 16.7 Å². The average molecular weight is 428 g/mol. The molecule has 30 heavy (non-hydrogen) atoms. The number of sulfonamides is 1. The van der Waals surface area contributed by atoms with Crippen molar-refractivity contribution in [3.63, 3.8) is 0 Å². The number of hydrazine groups is 1. The number of rotatable bonds is 8. The summed E-state index contributed by atoms with van der Waals surface area (Å²) in [6.45, 7) is 4.09. The standard InChI is InChI=1S/C19H20N6O4S/c1-13-3-7-15(8-4-13)11-20-18-17(25(26)27)19(22-12-21-18)23-24-30(28,29)16-9-5-14(2)6-10-16/h3-10,12,24H,11H2,1-2H3,(H2,20,21,22,23). The molecule has 0 aliphatic rings. The number of nitrogens with zero attached hydrogens (tertiary/aromatic N) is 3. The lowest BCUT2D eigenvalue weighted by Gasteiger charge is -2.11. The minimum absolute atomic E-state index is 0.00929. The van der Waals surface area contributed by atoms with Crippen LogP contribution in [0.3, 0.4) is 0 Å². The normalized spacial score (nSPS) is 11.1. The van der Waals surface area contributed by atoms with Gasteiger partial charge >= 0.3 is 5.69 Å². The molecule has 2 aromatic carbocycles. The SMILES string of the molecule is Cc1ccc(CNc2ncnc(NNS(=O)(=O)c3ccc(C)cc3)c2[N+](=O)[O-])cc1. The first-order valence-corrected chi connectivity index (χ1v) is 10.4. The maximum absolute atomic E-state index is 12.4. The minimum atomic E-state index is -3.95. The molecule has 1 heterocycles. The smallest absolute Gasteiger partial charge is 0.354 e. The highest BCUT2D eigenvalue weighted by atomic mass is 32.2. The molecule has 10 nitrogen and oxygen atoms in total. The Balaban J connectivity index is 1.79. The van der Waals surface area contributed by atoms with E-state index >= 15 is 0 Å². The van der Waals surface area contributed by atoms with Crippen molar-refractivity contribution < 1.29 is 13.3 Å². The fraction of sp³-hybridized carbons (Fsp3) is 0.158. The molecule has 0 bridgehead atoms. The third-order valence-electron chi connectivity index (χ3n) is 4.22. The van der Waals surface area contributed by atoms with Crippen LogP contribution in [0.15, 0.2) is 59.8 Å². The molecule has 0 radical (unpaired) electrons. The van der Waals surface area contributed by atoms with E-state index in [0.717, 1.165) is 23.0 Å². The molecule has 0 atom stereocenters. The number of hydrogen-bond acceptors (Lipinski definition) is 8. The Morgan fingerprint density at radius 3 is 2.10 bits per heavy atom. The molecule has 3 N–H and O–H groups in total. The molecule has 0 spiro atoms. The number of nitrogens with one attached hydrogen (secondary N) is 3. The number of benzene rings is 2. The van der Waals surface area contributed by atoms with Crippen molar-refractivity contribution in [2.24, 2.45) is 0 Å². The molecule has 3 rings (SSSR count). The molecule has 0 aliphatic heterocycles. The summed E-state index contributed by atoms with van der Waals surface area (Å²) in [7, 11) is -3.95. The summed E-state index contributed by atoms with van der Waals surface area (Å²) < 4.78 is 24.8. The molecule has 3 aromatic rings. The molecule has 0 saturated carbocycles. The molecule has 156 valence electrons. The van der Waals surface area contributed by atoms with Gasteiger partial charge in [-0.15, -0.1) is 4.83 Å². The second-order valence-corrected chi connectivity index (χ2v) is 8.24. The highest BCUT2D eigenvalue weighted by molar-refractivity contribution is 7.89. The van der Waals surface area contributed by atoms with E-state index < -0.39 is 20.6 Å². The van der Waals surface area contributed by atoms with Crippen LogP contribution in [-0.4, -0.2) is 23.3 Å². The predicted octanol–water partition coefficient (Wildman–Crippen LogP) is 2.92. The van der Waals surface area contributed by atoms with E-state index in [4.69, 9.17) is 0 Å². The van der Waals surface area contributed by atoms with Gasteiger partial charge in [0.1, 0.15) is 6.33 Å². The predicted molar refractivity (Wildman–Crippen MR) is 112 cm³/mol. The monoisotopic (exact) mass is 428 g/mol. The first-order chi connectivity index (χ1) is 14.3. The summed E-state index contributed by atoms with van der Waals surface area (Å²) in [5.74, 6) is -0.315. The van der Waals surface area contributed by atoms with E-state index in [-0.39, 0.29) is 16.5 Å². The van der Waals surface area contributed by atoms with Gasteiger partial charge in [0.2, 0.25) is 11.6 Å². The van der Waals surface area contributed by atoms with Crippen molar-refractivity contribution in [2.45, 2.75) is 25.3 Å². The number of aryl methyl sites for hydroxylation is 2. The summed E-state index contributed by atoms with van der Waals surface area (Å²) in [4.78, 5) is 20.8. The molecule has 0 fully saturated rings. The third-order valence-corrected chi connectivity index (χ3v) is 5.48. The highest BCUT2D eigenvalue weighted by Crippen LogP contribution is 2.29. The van der Waals surface area contributed by atoms with Crippen molar-refractivity contribution in [3.8, 4) is 0 Å². The van der Waals surface area contributed by atoms with Crippen LogP contribution in [0.25, 0.3) is 0 Å². The zero-order chi connectivity index (χ0) is 21.7. The number of nitro groups is 1. The molecule has 11 heteroatoms. The van der Waals surface area contributed by atoms with Crippen LogP contribution >= 0.6 is 0 Å². The molecular formula is C19H20N6O4S. The molecular weight excluding hydrogens is 408 g/mol. The molecule has 1 aromatic heterocycles. The Hall–Kier alpha value is -3.57. The summed E-state index contributed by atoms with van der Waals surface area (Å²) in [5, 5.41) is 14.5. The van der Waals surface area contributed by atoms with Crippen molar-refractivity contribution in [1.29, 1.82) is 0 Å². The lowest BCUT2D eigenvalue weighted by molar-refractivity contribution is -0.383. The minimum Gasteiger partial charge on any atom is -0.360 e. The summed E-state index contributed by atoms with van der Waals surface area (Å²) in [6.07, 6.45) is 1.10. The molecule has 0 amide bonds. The van der Waals surface area contributed by atoms with Gasteiger partial charge in [-0.2, -0.15) is 0 Å². The van der Waals surface area contributed by atoms with Crippen LogP contribution in [-0.2, 0) is 16.6 Å². The second kappa shape index (κ2) is 8.84. The Morgan fingerprint density at radius 2 is 1.50 bits per heavy atom. The second-order valence-electron chi connectivity index (χ2n) is 6.56. The topological polar surface area (TPSA) is 139 Å². The van der Waals surface area contributed by atoms with E-state index in [1.54, 1.807) is 12.1 Å². The lowest BCUT2D eigenvalue weighted by atomic mass is 10.1. The Labute approximate surface area is 173 Å². The van der Waals surface area contributed by atoms with E-state index in [1.807, 2.05) is 38.1 Å². The fourth-order valence-electron chi connectivity index (χ4n) is 2.56. The van der Waals surface area contributed by atoms with Gasteiger partial charge < -0.3 is 5.32 Å². The molecule has 0 aliphatic carbocycles. The third kappa shape index (κ3) is 5.07. The van der Waals surface area contributed by atoms with E-state index in [2.05, 4.69) is 25.5 Å². The molecule has 0 saturated heterocycles. The van der Waals surface area contributed by atoms with Crippen molar-refractivity contribution in [3.05, 3.63) is 81.7 Å². The lowest BCUT2D eigenvalue weighted by Crippen LogP contribution is -2.30. The van der Waals surface area contributed by atoms with Gasteiger partial charge in [0.25, 0.3) is 10.0 Å². The van der Waals surface area contributed by atoms with Gasteiger partial charge in [-0.05, 0) is 31.5 Å². The van der Waals surface area contributed by atoms with Gasteiger partial charge in [-0.3, -0.25) is 15.5 Å². The van der Waals surface area contributed by atoms with Gasteiger partial charge in [-0.25, -0.2) is 18.4 Å². The average Bonchev–Trinajstić information content (AvgIpc) is 2.72. The van der Waals surface area contributed by atoms with Crippen molar-refractivity contribution >= 4 is 27.3 Å². The van der Waals surface area contributed by atoms with E-state index in [1.165, 1.54) is 12.1 Å². The van der Waals surface area contributed by atoms with Crippen LogP contribution in [0, 0.1) is 24.0 Å². The summed E-state index contributed by atoms with van der Waals surface area (Å²) in [6, 6.07) is 13.8. The number of hydrogen-bond donors (Lipinski definition) is 3. The van der Waals surface area contributed by atoms with Crippen LogP contribution in [0.4, 0.5) is 17.3 Å². The van der Waals surface area contributed by atoms with Gasteiger partial charge in [-0.1, -0.05) is 47.5 Å². The van der Waals surface area contributed by atoms with Crippen LogP contribution in [0.5, 0.6) is 0 Å². The van der Waals surface area contributed by atoms with Crippen molar-refractivity contribution in [2.75, 3.05) is 10.7 Å². The number of anilines is 2. The zero-order valence-electron chi connectivity index (χ0n) is 16.3. The molecule has 0 unspecified atom stereocenters. The zero-order valence-corrected chi connectivity index (χ0v) is 17.1. The van der Waals surface area contributed by atoms with E-state index in [9.17, 15) is 18.5 Å². The fourth-order valence-corrected chi connectivity index (χ4v) is 3.40. The van der Waals surface area contributed by atoms with E-state index in [0.29, 0.717) is 6.54 Å². The largest absolute Gasteiger partial charge is 0.360 e. The quantitative estimate of drug-likeness (QED) is 0.368.